The van der Waals surface area contributed by atoms with E-state index in [0.29, 0.717) is 23.7 Å². The molecule has 2 heterocycles. The Morgan fingerprint density at radius 3 is 1.90 bits per heavy atom. The van der Waals surface area contributed by atoms with Crippen molar-refractivity contribution < 1.29 is 80.3 Å². The maximum absolute atomic E-state index is 16.8. The lowest BCUT2D eigenvalue weighted by molar-refractivity contribution is -0.344. The van der Waals surface area contributed by atoms with Crippen molar-refractivity contribution in [1.29, 1.82) is 0 Å². The van der Waals surface area contributed by atoms with Gasteiger partial charge in [0.15, 0.2) is 50.2 Å². The molecule has 1 aromatic rings. The molecule has 2 bridgehead atoms. The zero-order valence-electron chi connectivity index (χ0n) is 50.4. The van der Waals surface area contributed by atoms with Crippen molar-refractivity contribution in [1.82, 2.24) is 5.32 Å². The zero-order valence-corrected chi connectivity index (χ0v) is 52.4. The summed E-state index contributed by atoms with van der Waals surface area (Å²) >= 11 is 0. The maximum Gasteiger partial charge on any atom is 0.509 e. The second kappa shape index (κ2) is 23.2. The molecule has 0 aromatic heterocycles. The summed E-state index contributed by atoms with van der Waals surface area (Å²) in [6, 6.07) is 8.89. The summed E-state index contributed by atoms with van der Waals surface area (Å²) in [5, 5.41) is 2.89. The van der Waals surface area contributed by atoms with Gasteiger partial charge in [-0.3, -0.25) is 14.4 Å². The van der Waals surface area contributed by atoms with E-state index in [-0.39, 0.29) is 46.4 Å². The smallest absolute Gasteiger partial charge is 0.454 e. The minimum absolute atomic E-state index is 0.0425. The van der Waals surface area contributed by atoms with Crippen molar-refractivity contribution in [2.45, 2.75) is 245 Å². The van der Waals surface area contributed by atoms with Crippen LogP contribution in [0.2, 0.25) is 34.8 Å². The van der Waals surface area contributed by atoms with Crippen molar-refractivity contribution in [3.63, 3.8) is 0 Å². The summed E-state index contributed by atoms with van der Waals surface area (Å²) in [5.74, 6) is -5.66. The van der Waals surface area contributed by atoms with Crippen LogP contribution in [-0.4, -0.2) is 131 Å². The third kappa shape index (κ3) is 11.1. The largest absolute Gasteiger partial charge is 0.509 e. The lowest BCUT2D eigenvalue weighted by Crippen LogP contribution is -2.83. The van der Waals surface area contributed by atoms with Crippen molar-refractivity contribution in [2.75, 3.05) is 6.61 Å². The average Bonchev–Trinajstić information content (AvgIpc) is 2.91. The van der Waals surface area contributed by atoms with Crippen LogP contribution in [0.5, 0.6) is 0 Å². The van der Waals surface area contributed by atoms with Crippen LogP contribution in [0.3, 0.4) is 0 Å². The Morgan fingerprint density at radius 1 is 0.835 bits per heavy atom. The Balaban J connectivity index is 1.74. The molecule has 2 unspecified atom stereocenters. The first-order valence-corrected chi connectivity index (χ1v) is 32.9. The molecule has 0 radical (unpaired) electrons. The van der Waals surface area contributed by atoms with Gasteiger partial charge in [0.1, 0.15) is 11.7 Å². The lowest BCUT2D eigenvalue weighted by Gasteiger charge is -2.68. The van der Waals surface area contributed by atoms with Crippen molar-refractivity contribution in [3.05, 3.63) is 58.7 Å². The number of fused-ring (bicyclic) bond motifs is 4. The van der Waals surface area contributed by atoms with Crippen LogP contribution in [0.25, 0.3) is 0 Å². The molecule has 1 amide bonds. The number of amides is 1. The third-order valence-corrected chi connectivity index (χ3v) is 28.7. The van der Waals surface area contributed by atoms with Crippen LogP contribution in [0, 0.1) is 16.7 Å². The minimum Gasteiger partial charge on any atom is -0.454 e. The molecule has 1 aromatic carbocycles. The van der Waals surface area contributed by atoms with E-state index in [1.807, 2.05) is 76.2 Å². The molecule has 3 aliphatic carbocycles. The number of ketones is 1. The summed E-state index contributed by atoms with van der Waals surface area (Å²) in [6.45, 7) is 35.9. The van der Waals surface area contributed by atoms with Gasteiger partial charge < -0.3 is 52.1 Å². The Bertz CT molecular complexity index is 2530. The molecule has 440 valence electrons. The fourth-order valence-corrected chi connectivity index (χ4v) is 22.8. The van der Waals surface area contributed by atoms with E-state index in [1.54, 1.807) is 84.9 Å². The van der Waals surface area contributed by atoms with E-state index in [1.165, 1.54) is 13.8 Å². The molecule has 18 nitrogen and oxygen atoms in total. The summed E-state index contributed by atoms with van der Waals surface area (Å²) in [4.78, 5) is 104. The molecule has 2 saturated carbocycles. The highest BCUT2D eigenvalue weighted by atomic mass is 28.4. The van der Waals surface area contributed by atoms with Crippen LogP contribution < -0.4 is 5.32 Å². The summed E-state index contributed by atoms with van der Waals surface area (Å²) in [7, 11) is -5.82. The fraction of sp³-hybridized carbons (Fsp3) is 0.712. The Morgan fingerprint density at radius 2 is 1.42 bits per heavy atom. The SMILES string of the molecule is CC[Si](CC)(CC)O[C@H]1C[C@H]2OC[C@@]2(OC(C)=O)C2C(OC(=O)c3ccccc3)[C@]34OC(=O)O[C@H]3[C@H](OC(=O)[C@H](O[Si](C(C)C)(C(C)C)C(C)C)[C@H](C=C(C)C)NC(=O)OC(C)(C)C)C(C)=C([C@@H](OC(C)=O)C(=O)[C@@]21C)C4(C)C. The summed E-state index contributed by atoms with van der Waals surface area (Å²) < 4.78 is 66.6. The number of esters is 4. The Hall–Kier alpha value is -4.90. The van der Waals surface area contributed by atoms with Crippen molar-refractivity contribution >= 4 is 58.5 Å². The number of benzene rings is 1. The maximum atomic E-state index is 16.8. The second-order valence-electron chi connectivity index (χ2n) is 25.3. The first-order valence-electron chi connectivity index (χ1n) is 28.2. The van der Waals surface area contributed by atoms with Gasteiger partial charge >= 0.3 is 36.1 Å². The fourth-order valence-electron chi connectivity index (χ4n) is 14.3. The van der Waals surface area contributed by atoms with Gasteiger partial charge in [0.25, 0.3) is 0 Å². The molecule has 1 spiro atoms. The molecule has 1 N–H and O–H groups in total. The van der Waals surface area contributed by atoms with Crippen LogP contribution in [0.15, 0.2) is 53.1 Å². The number of hydrogen-bond acceptors (Lipinski definition) is 17. The first kappa shape index (κ1) is 63.3. The van der Waals surface area contributed by atoms with Gasteiger partial charge in [0, 0.05) is 25.7 Å². The minimum atomic E-state index is -3.10. The van der Waals surface area contributed by atoms with Gasteiger partial charge in [0.05, 0.1) is 35.6 Å². The monoisotopic (exact) mass is 1140 g/mol. The third-order valence-electron chi connectivity index (χ3n) is 18.0. The average molecular weight is 1140 g/mol. The number of hydrogen-bond donors (Lipinski definition) is 1. The zero-order chi connectivity index (χ0) is 59.3. The topological polar surface area (TPSA) is 224 Å². The number of carbonyl (C=O) groups excluding carboxylic acids is 7. The number of ether oxygens (including phenoxy) is 8. The quantitative estimate of drug-likeness (QED) is 0.0588. The molecular weight excluding hydrogens is 1050 g/mol. The number of carbonyl (C=O) groups is 7. The molecule has 4 fully saturated rings. The molecule has 5 aliphatic rings. The van der Waals surface area contributed by atoms with Gasteiger partial charge in [-0.05, 0) is 107 Å². The first-order chi connectivity index (χ1) is 36.6. The van der Waals surface area contributed by atoms with E-state index in [0.717, 1.165) is 0 Å². The molecule has 20 heteroatoms. The Labute approximate surface area is 469 Å². The normalized spacial score (nSPS) is 29.9. The van der Waals surface area contributed by atoms with E-state index >= 15 is 14.4 Å². The number of rotatable bonds is 19. The number of alkyl carbamates (subject to hydrolysis) is 1. The molecule has 2 aliphatic heterocycles. The van der Waals surface area contributed by atoms with Crippen LogP contribution in [0.1, 0.15) is 155 Å². The molecule has 2 saturated heterocycles. The van der Waals surface area contributed by atoms with Crippen LogP contribution in [0.4, 0.5) is 9.59 Å². The van der Waals surface area contributed by atoms with E-state index < -0.39 is 141 Å². The standard InChI is InChI=1S/C59H89NO17Si2/c1-21-78(22-2,23-3)76-41-30-42-58(31-68-42,73-38(14)62)47-50(71-51(64)39-27-25-24-26-28-39)59-49(72-54(67)75-59)44(36(12)43(56(59,18)19)46(69-37(13)61)48(63)57(41,47)20)70-52(65)45(77-79(33(6)7,34(8)9)35(10)11)40(29-32(4)5)60-53(66)74-55(15,16)17/h24-29,33-35,40-42,44-47,49-50H,21-23,30-31H2,1-20H3,(H,60,66)/t40-,41-,42+,44+,45+,46+,47?,49-,50?,57+,58-,59+/m0/s1. The summed E-state index contributed by atoms with van der Waals surface area (Å²) in [5.41, 5.74) is -7.85. The summed E-state index contributed by atoms with van der Waals surface area (Å²) in [6.07, 6.45) is -10.9. The highest BCUT2D eigenvalue weighted by Gasteiger charge is 2.83. The van der Waals surface area contributed by atoms with Gasteiger partial charge in [0.2, 0.25) is 13.9 Å². The van der Waals surface area contributed by atoms with Gasteiger partial charge in [-0.2, -0.15) is 0 Å². The molecule has 12 atom stereocenters. The highest BCUT2D eigenvalue weighted by Crippen LogP contribution is 2.67. The molecule has 79 heavy (non-hydrogen) atoms. The van der Waals surface area contributed by atoms with Crippen LogP contribution in [-0.2, 0) is 65.9 Å². The van der Waals surface area contributed by atoms with Gasteiger partial charge in [-0.1, -0.05) is 106 Å². The predicted molar refractivity (Wildman–Crippen MR) is 298 cm³/mol. The van der Waals surface area contributed by atoms with E-state index in [9.17, 15) is 19.2 Å². The lowest BCUT2D eigenvalue weighted by atomic mass is 9.44. The molecular formula is C59H89NO17Si2. The number of allylic oxidation sites excluding steroid dienone is 1. The van der Waals surface area contributed by atoms with Crippen LogP contribution >= 0.6 is 0 Å². The Kier molecular flexibility index (Phi) is 18.6. The van der Waals surface area contributed by atoms with E-state index in [4.69, 9.17) is 46.7 Å². The van der Waals surface area contributed by atoms with Gasteiger partial charge in [-0.25, -0.2) is 19.2 Å². The van der Waals surface area contributed by atoms with Crippen molar-refractivity contribution in [3.8, 4) is 0 Å². The van der Waals surface area contributed by atoms with Crippen molar-refractivity contribution in [2.24, 2.45) is 16.7 Å². The number of nitrogens with one attached hydrogen (secondary N) is 1. The van der Waals surface area contributed by atoms with Gasteiger partial charge in [-0.15, -0.1) is 0 Å². The highest BCUT2D eigenvalue weighted by molar-refractivity contribution is 6.77. The second-order valence-corrected chi connectivity index (χ2v) is 35.4. The van der Waals surface area contributed by atoms with E-state index in [2.05, 4.69) is 5.32 Å². The predicted octanol–water partition coefficient (Wildman–Crippen LogP) is 10.8. The number of Topliss-reactive ketones (excluding diaryl/α,β-unsaturated/α-hetero) is 1. The molecule has 6 rings (SSSR count).